The van der Waals surface area contributed by atoms with E-state index in [0.717, 1.165) is 61.9 Å². The molecule has 352 valence electrons. The predicted molar refractivity (Wildman–Crippen MR) is 297 cm³/mol. The molecule has 11 aromatic rings. The first-order valence-corrected chi connectivity index (χ1v) is 26.9. The van der Waals surface area contributed by atoms with E-state index in [4.69, 9.17) is 16.8 Å². The average Bonchev–Trinajstić information content (AvgIpc) is 3.90. The first kappa shape index (κ1) is 45.7. The number of hydrogen-bond acceptors (Lipinski definition) is 5. The molecule has 0 unspecified atom stereocenters. The molecule has 2 aliphatic heterocycles. The quantitative estimate of drug-likeness (QED) is 0.115. The molecule has 9 aromatic carbocycles. The van der Waals surface area contributed by atoms with Gasteiger partial charge in [-0.1, -0.05) is 183 Å². The van der Waals surface area contributed by atoms with Gasteiger partial charge in [0, 0.05) is 76.6 Å². The van der Waals surface area contributed by atoms with Crippen molar-refractivity contribution in [2.75, 3.05) is 10.2 Å². The minimum absolute atomic E-state index is 0. The summed E-state index contributed by atoms with van der Waals surface area (Å²) in [4.78, 5) is 9.72. The van der Waals surface area contributed by atoms with Crippen LogP contribution in [0.4, 0.5) is 22.7 Å². The SMILES string of the molecule is [CH2-]N(c1ccccc1Nc1[c-]c(Oc2[c-]c3c4c(c2)[Si]2(c5ccccc5Sc5ccccc52)c2cccc(c24)n3-c2cc(C(C)(C)C)ccn2)ccc1)c1c(-c2ccccc2)cccc1-c1ccccc1.[Pt]. The van der Waals surface area contributed by atoms with Crippen LogP contribution in [-0.2, 0) is 26.5 Å². The number of aromatic nitrogens is 2. The van der Waals surface area contributed by atoms with E-state index < -0.39 is 8.07 Å². The summed E-state index contributed by atoms with van der Waals surface area (Å²) in [5.41, 5.74) is 11.2. The Balaban J connectivity index is 0.00000530. The van der Waals surface area contributed by atoms with Gasteiger partial charge in [-0.05, 0) is 85.5 Å². The molecule has 0 aliphatic carbocycles. The number of fused-ring (bicyclic) bond motifs is 6. The summed E-state index contributed by atoms with van der Waals surface area (Å²) in [5, 5.41) is 11.7. The van der Waals surface area contributed by atoms with E-state index in [0.29, 0.717) is 11.5 Å². The van der Waals surface area contributed by atoms with Crippen LogP contribution >= 0.6 is 11.8 Å². The molecule has 8 heteroatoms. The van der Waals surface area contributed by atoms with Crippen LogP contribution in [0.1, 0.15) is 26.3 Å². The second-order valence-electron chi connectivity index (χ2n) is 19.3. The van der Waals surface area contributed by atoms with Crippen molar-refractivity contribution in [3.8, 4) is 39.6 Å². The molecular formula is C64H47N4OPtSSi-3. The summed E-state index contributed by atoms with van der Waals surface area (Å²) in [6.45, 7) is 6.75. The first-order chi connectivity index (χ1) is 34.8. The number of ether oxygens (including phenoxy) is 1. The van der Waals surface area contributed by atoms with Gasteiger partial charge in [-0.2, -0.15) is 6.07 Å². The van der Waals surface area contributed by atoms with E-state index in [9.17, 15) is 0 Å². The third-order valence-corrected chi connectivity index (χ3v) is 20.6. The molecule has 0 radical (unpaired) electrons. The van der Waals surface area contributed by atoms with Crippen molar-refractivity contribution >= 4 is 85.1 Å². The fourth-order valence-corrected chi connectivity index (χ4v) is 18.4. The molecule has 5 nitrogen and oxygen atoms in total. The number of rotatable bonds is 9. The third kappa shape index (κ3) is 7.36. The number of nitrogens with one attached hydrogen (secondary N) is 1. The maximum Gasteiger partial charge on any atom is 0.158 e. The van der Waals surface area contributed by atoms with Crippen LogP contribution in [0.5, 0.6) is 11.5 Å². The zero-order valence-electron chi connectivity index (χ0n) is 39.9. The number of para-hydroxylation sites is 3. The molecule has 0 saturated carbocycles. The molecule has 13 rings (SSSR count). The molecule has 4 heterocycles. The summed E-state index contributed by atoms with van der Waals surface area (Å²) in [7, 11) is 1.87. The van der Waals surface area contributed by atoms with Crippen molar-refractivity contribution in [1.29, 1.82) is 0 Å². The summed E-state index contributed by atoms with van der Waals surface area (Å²) in [6.07, 6.45) is 1.94. The molecule has 0 saturated heterocycles. The Bertz CT molecular complexity index is 3780. The molecule has 0 amide bonds. The van der Waals surface area contributed by atoms with Gasteiger partial charge in [0.15, 0.2) is 8.07 Å². The Kier molecular flexibility index (Phi) is 11.4. The van der Waals surface area contributed by atoms with Crippen LogP contribution in [0.25, 0.3) is 49.9 Å². The number of anilines is 4. The summed E-state index contributed by atoms with van der Waals surface area (Å²) >= 11 is 1.88. The first-order valence-electron chi connectivity index (χ1n) is 24.0. The van der Waals surface area contributed by atoms with Gasteiger partial charge in [-0.15, -0.1) is 40.9 Å². The Morgan fingerprint density at radius 1 is 0.597 bits per heavy atom. The van der Waals surface area contributed by atoms with Crippen LogP contribution in [0, 0.1) is 19.2 Å². The van der Waals surface area contributed by atoms with Gasteiger partial charge in [-0.25, -0.2) is 4.98 Å². The van der Waals surface area contributed by atoms with E-state index in [-0.39, 0.29) is 26.5 Å². The van der Waals surface area contributed by atoms with Gasteiger partial charge < -0.3 is 19.5 Å². The van der Waals surface area contributed by atoms with Crippen LogP contribution < -0.4 is 35.7 Å². The van der Waals surface area contributed by atoms with Gasteiger partial charge in [0.1, 0.15) is 5.82 Å². The van der Waals surface area contributed by atoms with Gasteiger partial charge in [0.05, 0.1) is 5.69 Å². The van der Waals surface area contributed by atoms with Crippen molar-refractivity contribution in [3.63, 3.8) is 0 Å². The van der Waals surface area contributed by atoms with E-state index in [1.165, 1.54) is 46.9 Å². The molecule has 2 aliphatic rings. The van der Waals surface area contributed by atoms with Crippen molar-refractivity contribution < 1.29 is 25.8 Å². The third-order valence-electron chi connectivity index (χ3n) is 14.2. The van der Waals surface area contributed by atoms with Gasteiger partial charge in [-0.3, -0.25) is 7.05 Å². The fraction of sp³-hybridized carbons (Fsp3) is 0.0625. The molecule has 1 spiro atoms. The van der Waals surface area contributed by atoms with E-state index in [1.54, 1.807) is 0 Å². The molecule has 0 bridgehead atoms. The number of hydrogen-bond donors (Lipinski definition) is 1. The molecule has 72 heavy (non-hydrogen) atoms. The standard InChI is InChI=1S/C64H47N4OSSi.Pt/c1-64(2,3)44-36-37-65-60(38-44)68-52-30-19-35-58-61(52)62-53(68)40-47(41-59(62)71(58)56-33-15-13-31-54(56)70-55-32-14-16-34-57(55)71)69-46-25-17-24-45(39-46)66-50-28-11-12-29-51(50)67(4)63-48(42-20-7-5-8-21-42)26-18-27-49(63)43-22-9-6-10-23-43;/h5-38,41,66H,4H2,1-3H3;/q-3;. The van der Waals surface area contributed by atoms with Gasteiger partial charge >= 0.3 is 0 Å². The van der Waals surface area contributed by atoms with Gasteiger partial charge in [0.25, 0.3) is 0 Å². The Labute approximate surface area is 440 Å². The largest absolute Gasteiger partial charge is 0.509 e. The maximum atomic E-state index is 7.05. The smallest absolute Gasteiger partial charge is 0.158 e. The summed E-state index contributed by atoms with van der Waals surface area (Å²) in [5.74, 6) is 2.07. The summed E-state index contributed by atoms with van der Waals surface area (Å²) < 4.78 is 9.36. The summed E-state index contributed by atoms with van der Waals surface area (Å²) in [6, 6.07) is 80.9. The zero-order chi connectivity index (χ0) is 47.8. The number of benzene rings is 9. The average molecular weight is 1140 g/mol. The fourth-order valence-electron chi connectivity index (χ4n) is 11.0. The number of pyridine rings is 1. The van der Waals surface area contributed by atoms with E-state index >= 15 is 0 Å². The van der Waals surface area contributed by atoms with Crippen molar-refractivity contribution in [1.82, 2.24) is 9.55 Å². The van der Waals surface area contributed by atoms with Gasteiger partial charge in [0.2, 0.25) is 0 Å². The van der Waals surface area contributed by atoms with Crippen LogP contribution in [0.3, 0.4) is 0 Å². The minimum Gasteiger partial charge on any atom is -0.509 e. The maximum absolute atomic E-state index is 7.05. The van der Waals surface area contributed by atoms with Crippen LogP contribution in [0.15, 0.2) is 222 Å². The Morgan fingerprint density at radius 2 is 1.21 bits per heavy atom. The minimum atomic E-state index is -2.87. The monoisotopic (exact) mass is 1140 g/mol. The van der Waals surface area contributed by atoms with Crippen LogP contribution in [-0.4, -0.2) is 17.6 Å². The Morgan fingerprint density at radius 3 is 1.90 bits per heavy atom. The van der Waals surface area contributed by atoms with E-state index in [2.05, 4.69) is 230 Å². The van der Waals surface area contributed by atoms with Crippen molar-refractivity contribution in [2.24, 2.45) is 0 Å². The molecular weight excluding hydrogens is 1100 g/mol. The second-order valence-corrected chi connectivity index (χ2v) is 24.1. The normalized spacial score (nSPS) is 12.9. The number of nitrogens with zero attached hydrogens (tertiary/aromatic N) is 3. The van der Waals surface area contributed by atoms with E-state index in [1.807, 2.05) is 42.2 Å². The molecule has 0 atom stereocenters. The topological polar surface area (TPSA) is 42.3 Å². The second kappa shape index (κ2) is 18.0. The van der Waals surface area contributed by atoms with Crippen LogP contribution in [0.2, 0.25) is 0 Å². The predicted octanol–water partition coefficient (Wildman–Crippen LogP) is 14.0. The zero-order valence-corrected chi connectivity index (χ0v) is 44.0. The van der Waals surface area contributed by atoms with Crippen molar-refractivity contribution in [3.05, 3.63) is 237 Å². The molecule has 1 N–H and O–H groups in total. The Hall–Kier alpha value is -7.41. The van der Waals surface area contributed by atoms with Crippen molar-refractivity contribution in [2.45, 2.75) is 36.0 Å². The molecule has 0 fully saturated rings. The molecule has 2 aromatic heterocycles.